The van der Waals surface area contributed by atoms with Gasteiger partial charge in [0.1, 0.15) is 12.1 Å². The van der Waals surface area contributed by atoms with E-state index in [0.717, 1.165) is 10.6 Å². The standard InChI is InChI=1S/C39H41N7O8/c47-35(23-28-11-5-2-6-12-28)43-45(26-29-15-17-32(18-16-29)46(53)54)39(52)44-20-8-14-34(44)38(51)42-33(22-30-13-7-19-40-25-30)37(50)41-31(24-36(48)49)21-27-9-3-1-4-10-27/h1-7,9-13,15-19,25,31,33-34H,8,14,20-24,26H2,(H,41,50)(H,42,51)(H,43,47)(H,48,49)/t31-,33-,34-/m0/s1. The van der Waals surface area contributed by atoms with Gasteiger partial charge in [-0.15, -0.1) is 0 Å². The van der Waals surface area contributed by atoms with Gasteiger partial charge in [0, 0.05) is 43.5 Å². The number of nitro benzene ring substituents is 1. The number of carboxylic acids is 1. The largest absolute Gasteiger partial charge is 0.481 e. The first kappa shape index (κ1) is 38.6. The number of aromatic nitrogens is 1. The molecule has 1 aliphatic heterocycles. The van der Waals surface area contributed by atoms with Crippen LogP contribution in [0, 0.1) is 10.1 Å². The summed E-state index contributed by atoms with van der Waals surface area (Å²) in [5.41, 5.74) is 5.19. The molecule has 54 heavy (non-hydrogen) atoms. The maximum atomic E-state index is 14.2. The third-order valence-corrected chi connectivity index (χ3v) is 8.87. The fourth-order valence-electron chi connectivity index (χ4n) is 6.27. The molecule has 15 nitrogen and oxygen atoms in total. The molecule has 2 heterocycles. The van der Waals surface area contributed by atoms with Crippen LogP contribution in [-0.4, -0.2) is 79.3 Å². The number of carbonyl (C=O) groups is 5. The van der Waals surface area contributed by atoms with Crippen LogP contribution in [0.15, 0.2) is 109 Å². The van der Waals surface area contributed by atoms with Crippen molar-refractivity contribution in [2.75, 3.05) is 6.54 Å². The summed E-state index contributed by atoms with van der Waals surface area (Å²) in [7, 11) is 0. The molecule has 0 saturated carbocycles. The average Bonchev–Trinajstić information content (AvgIpc) is 3.66. The number of nitrogens with zero attached hydrogens (tertiary/aromatic N) is 4. The summed E-state index contributed by atoms with van der Waals surface area (Å²) in [6.07, 6.45) is 3.78. The Morgan fingerprint density at radius 1 is 0.852 bits per heavy atom. The fourth-order valence-corrected chi connectivity index (χ4v) is 6.27. The van der Waals surface area contributed by atoms with Crippen LogP contribution in [0.5, 0.6) is 0 Å². The molecule has 1 saturated heterocycles. The zero-order chi connectivity index (χ0) is 38.5. The van der Waals surface area contributed by atoms with Crippen molar-refractivity contribution in [1.29, 1.82) is 0 Å². The lowest BCUT2D eigenvalue weighted by Gasteiger charge is -2.32. The predicted octanol–water partition coefficient (Wildman–Crippen LogP) is 3.58. The number of amides is 5. The Balaban J connectivity index is 1.34. The van der Waals surface area contributed by atoms with Crippen molar-refractivity contribution in [3.05, 3.63) is 142 Å². The van der Waals surface area contributed by atoms with Crippen molar-refractivity contribution < 1.29 is 34.0 Å². The Hall–Kier alpha value is -6.64. The molecule has 15 heteroatoms. The number of carbonyl (C=O) groups excluding carboxylic acids is 4. The lowest BCUT2D eigenvalue weighted by molar-refractivity contribution is -0.384. The zero-order valence-corrected chi connectivity index (χ0v) is 29.4. The minimum Gasteiger partial charge on any atom is -0.481 e. The highest BCUT2D eigenvalue weighted by atomic mass is 16.6. The van der Waals surface area contributed by atoms with Crippen LogP contribution >= 0.6 is 0 Å². The smallest absolute Gasteiger partial charge is 0.339 e. The molecule has 0 bridgehead atoms. The Morgan fingerprint density at radius 2 is 1.52 bits per heavy atom. The Morgan fingerprint density at radius 3 is 2.15 bits per heavy atom. The van der Waals surface area contributed by atoms with Crippen molar-refractivity contribution in [2.45, 2.75) is 63.2 Å². The summed E-state index contributed by atoms with van der Waals surface area (Å²) in [6.45, 7) is 0.0279. The third kappa shape index (κ3) is 11.2. The fraction of sp³-hybridized carbons (Fsp3) is 0.282. The van der Waals surface area contributed by atoms with E-state index in [-0.39, 0.29) is 50.9 Å². The van der Waals surface area contributed by atoms with Crippen LogP contribution in [0.4, 0.5) is 10.5 Å². The first-order valence-electron chi connectivity index (χ1n) is 17.5. The van der Waals surface area contributed by atoms with E-state index in [1.807, 2.05) is 36.4 Å². The van der Waals surface area contributed by atoms with Gasteiger partial charge in [-0.1, -0.05) is 78.9 Å². The van der Waals surface area contributed by atoms with Crippen molar-refractivity contribution in [1.82, 2.24) is 31.0 Å². The molecule has 1 aromatic heterocycles. The molecule has 5 amide bonds. The van der Waals surface area contributed by atoms with Crippen LogP contribution < -0.4 is 16.1 Å². The van der Waals surface area contributed by atoms with Gasteiger partial charge in [0.05, 0.1) is 24.3 Å². The van der Waals surface area contributed by atoms with Gasteiger partial charge in [-0.3, -0.25) is 39.7 Å². The monoisotopic (exact) mass is 735 g/mol. The summed E-state index contributed by atoms with van der Waals surface area (Å²) < 4.78 is 0. The van der Waals surface area contributed by atoms with Crippen LogP contribution in [0.3, 0.4) is 0 Å². The van der Waals surface area contributed by atoms with Crippen LogP contribution in [0.2, 0.25) is 0 Å². The lowest BCUT2D eigenvalue weighted by Crippen LogP contribution is -2.58. The van der Waals surface area contributed by atoms with Gasteiger partial charge < -0.3 is 20.6 Å². The second-order valence-corrected chi connectivity index (χ2v) is 13.0. The van der Waals surface area contributed by atoms with E-state index in [2.05, 4.69) is 21.0 Å². The molecule has 0 radical (unpaired) electrons. The summed E-state index contributed by atoms with van der Waals surface area (Å²) in [4.78, 5) is 83.0. The maximum absolute atomic E-state index is 14.2. The number of non-ortho nitro benzene ring substituents is 1. The summed E-state index contributed by atoms with van der Waals surface area (Å²) in [5.74, 6) is -2.79. The number of aliphatic carboxylic acids is 1. The van der Waals surface area contributed by atoms with E-state index in [0.29, 0.717) is 23.1 Å². The summed E-state index contributed by atoms with van der Waals surface area (Å²) in [6, 6.07) is 23.4. The second-order valence-electron chi connectivity index (χ2n) is 13.0. The molecule has 3 aromatic carbocycles. The van der Waals surface area contributed by atoms with Gasteiger partial charge in [-0.05, 0) is 47.6 Å². The number of nitrogens with one attached hydrogen (secondary N) is 3. The Labute approximate surface area is 311 Å². The first-order valence-corrected chi connectivity index (χ1v) is 17.5. The number of hydrogen-bond acceptors (Lipinski definition) is 8. The van der Waals surface area contributed by atoms with Crippen LogP contribution in [-0.2, 0) is 45.0 Å². The van der Waals surface area contributed by atoms with Gasteiger partial charge in [0.15, 0.2) is 0 Å². The van der Waals surface area contributed by atoms with Gasteiger partial charge in [-0.2, -0.15) is 0 Å². The predicted molar refractivity (Wildman–Crippen MR) is 196 cm³/mol. The molecule has 3 atom stereocenters. The van der Waals surface area contributed by atoms with E-state index in [4.69, 9.17) is 0 Å². The number of carboxylic acid groups (broad SMARTS) is 1. The molecule has 280 valence electrons. The number of rotatable bonds is 15. The minimum atomic E-state index is -1.15. The Bertz CT molecular complexity index is 1910. The summed E-state index contributed by atoms with van der Waals surface area (Å²) in [5, 5.41) is 27.5. The number of urea groups is 1. The van der Waals surface area contributed by atoms with E-state index >= 15 is 0 Å². The quantitative estimate of drug-likeness (QED) is 0.104. The molecule has 0 spiro atoms. The Kier molecular flexibility index (Phi) is 13.4. The second kappa shape index (κ2) is 18.7. The van der Waals surface area contributed by atoms with Crippen LogP contribution in [0.1, 0.15) is 41.5 Å². The maximum Gasteiger partial charge on any atom is 0.339 e. The third-order valence-electron chi connectivity index (χ3n) is 8.87. The number of hydrazine groups is 1. The number of nitro groups is 1. The highest BCUT2D eigenvalue weighted by Crippen LogP contribution is 2.21. The van der Waals surface area contributed by atoms with E-state index in [1.165, 1.54) is 29.2 Å². The van der Waals surface area contributed by atoms with Crippen molar-refractivity contribution in [3.8, 4) is 0 Å². The molecule has 4 N–H and O–H groups in total. The lowest BCUT2D eigenvalue weighted by atomic mass is 10.0. The molecule has 1 aliphatic rings. The topological polar surface area (TPSA) is 204 Å². The zero-order valence-electron chi connectivity index (χ0n) is 29.4. The molecule has 0 unspecified atom stereocenters. The first-order chi connectivity index (χ1) is 26.0. The SMILES string of the molecule is O=C(O)C[C@H](Cc1ccccc1)NC(=O)[C@H](Cc1cccnc1)NC(=O)[C@@H]1CCCN1C(=O)N(Cc1ccc([N+](=O)[O-])cc1)NC(=O)Cc1ccccc1. The van der Waals surface area contributed by atoms with E-state index in [9.17, 15) is 39.2 Å². The van der Waals surface area contributed by atoms with Gasteiger partial charge in [0.25, 0.3) is 5.69 Å². The van der Waals surface area contributed by atoms with E-state index in [1.54, 1.807) is 48.8 Å². The van der Waals surface area contributed by atoms with Crippen molar-refractivity contribution in [3.63, 3.8) is 0 Å². The summed E-state index contributed by atoms with van der Waals surface area (Å²) >= 11 is 0. The molecule has 0 aliphatic carbocycles. The normalized spacial score (nSPS) is 14.7. The highest BCUT2D eigenvalue weighted by Gasteiger charge is 2.38. The number of hydrogen-bond donors (Lipinski definition) is 4. The van der Waals surface area contributed by atoms with Gasteiger partial charge in [-0.25, -0.2) is 9.80 Å². The van der Waals surface area contributed by atoms with Crippen molar-refractivity contribution in [2.24, 2.45) is 0 Å². The average molecular weight is 736 g/mol. The molecular weight excluding hydrogens is 694 g/mol. The van der Waals surface area contributed by atoms with Gasteiger partial charge in [0.2, 0.25) is 17.7 Å². The number of likely N-dealkylation sites (tertiary alicyclic amines) is 1. The van der Waals surface area contributed by atoms with E-state index < -0.39 is 52.8 Å². The molecular formula is C39H41N7O8. The molecule has 4 aromatic rings. The van der Waals surface area contributed by atoms with Crippen molar-refractivity contribution >= 4 is 35.4 Å². The van der Waals surface area contributed by atoms with Crippen LogP contribution in [0.25, 0.3) is 0 Å². The molecule has 5 rings (SSSR count). The highest BCUT2D eigenvalue weighted by molar-refractivity contribution is 5.93. The molecule has 1 fully saturated rings. The number of benzene rings is 3. The number of pyridine rings is 1. The minimum absolute atomic E-state index is 0.0346. The van der Waals surface area contributed by atoms with Gasteiger partial charge >= 0.3 is 12.0 Å².